The number of pyridine rings is 1. The maximum absolute atomic E-state index is 12.0. The van der Waals surface area contributed by atoms with Gasteiger partial charge in [-0.25, -0.2) is 0 Å². The Balaban J connectivity index is 1.77. The molecule has 2 rings (SSSR count). The monoisotopic (exact) mass is 315 g/mol. The van der Waals surface area contributed by atoms with E-state index in [-0.39, 0.29) is 11.3 Å². The molecular formula is C17H25N5O. The zero-order valence-corrected chi connectivity index (χ0v) is 14.3. The summed E-state index contributed by atoms with van der Waals surface area (Å²) in [6, 6.07) is 7.78. The minimum absolute atomic E-state index is 0.00165. The van der Waals surface area contributed by atoms with Crippen LogP contribution in [0.25, 0.3) is 0 Å². The van der Waals surface area contributed by atoms with Crippen molar-refractivity contribution in [3.8, 4) is 0 Å². The predicted octanol–water partition coefficient (Wildman–Crippen LogP) is 1.85. The molecule has 0 bridgehead atoms. The standard InChI is InChI=1S/C17H25N5O/c1-17(2,3)15-9-14(20-21-15)10-19-16(23)12-22(4)11-13-7-5-6-8-18-13/h5-9H,10-12H2,1-4H3,(H,19,23)(H,20,21). The maximum atomic E-state index is 12.0. The van der Waals surface area contributed by atoms with E-state index in [2.05, 4.69) is 41.3 Å². The van der Waals surface area contributed by atoms with Gasteiger partial charge in [-0.3, -0.25) is 19.8 Å². The second-order valence-electron chi connectivity index (χ2n) is 6.80. The second-order valence-corrected chi connectivity index (χ2v) is 6.80. The number of nitrogens with one attached hydrogen (secondary N) is 2. The lowest BCUT2D eigenvalue weighted by Gasteiger charge is -2.15. The number of carbonyl (C=O) groups is 1. The van der Waals surface area contributed by atoms with Gasteiger partial charge in [0.2, 0.25) is 5.91 Å². The van der Waals surface area contributed by atoms with E-state index in [1.54, 1.807) is 6.20 Å². The SMILES string of the molecule is CN(CC(=O)NCc1cc(C(C)(C)C)n[nH]1)Cc1ccccn1. The molecule has 2 aromatic rings. The first-order chi connectivity index (χ1) is 10.8. The fourth-order valence-corrected chi connectivity index (χ4v) is 2.16. The summed E-state index contributed by atoms with van der Waals surface area (Å²) in [4.78, 5) is 18.2. The average Bonchev–Trinajstić information content (AvgIpc) is 2.95. The molecule has 2 N–H and O–H groups in total. The van der Waals surface area contributed by atoms with Crippen molar-refractivity contribution in [2.75, 3.05) is 13.6 Å². The second kappa shape index (κ2) is 7.37. The zero-order chi connectivity index (χ0) is 16.9. The van der Waals surface area contributed by atoms with Gasteiger partial charge in [-0.05, 0) is 25.2 Å². The van der Waals surface area contributed by atoms with Crippen LogP contribution in [0.5, 0.6) is 0 Å². The van der Waals surface area contributed by atoms with Gasteiger partial charge in [-0.15, -0.1) is 0 Å². The van der Waals surface area contributed by atoms with E-state index >= 15 is 0 Å². The van der Waals surface area contributed by atoms with E-state index in [0.717, 1.165) is 17.1 Å². The first-order valence-electron chi connectivity index (χ1n) is 7.74. The topological polar surface area (TPSA) is 73.9 Å². The van der Waals surface area contributed by atoms with Crippen LogP contribution >= 0.6 is 0 Å². The van der Waals surface area contributed by atoms with Crippen molar-refractivity contribution in [2.24, 2.45) is 0 Å². The highest BCUT2D eigenvalue weighted by atomic mass is 16.2. The smallest absolute Gasteiger partial charge is 0.234 e. The average molecular weight is 315 g/mol. The van der Waals surface area contributed by atoms with Crippen LogP contribution in [0.2, 0.25) is 0 Å². The molecule has 23 heavy (non-hydrogen) atoms. The summed E-state index contributed by atoms with van der Waals surface area (Å²) in [5, 5.41) is 10.2. The van der Waals surface area contributed by atoms with E-state index in [0.29, 0.717) is 19.6 Å². The number of aromatic nitrogens is 3. The molecule has 0 aliphatic rings. The number of rotatable bonds is 6. The highest BCUT2D eigenvalue weighted by Gasteiger charge is 2.17. The van der Waals surface area contributed by atoms with E-state index in [1.807, 2.05) is 36.2 Å². The Morgan fingerprint density at radius 2 is 2.13 bits per heavy atom. The molecule has 124 valence electrons. The molecule has 0 atom stereocenters. The number of aromatic amines is 1. The number of hydrogen-bond acceptors (Lipinski definition) is 4. The first-order valence-corrected chi connectivity index (χ1v) is 7.74. The van der Waals surface area contributed by atoms with Gasteiger partial charge in [-0.1, -0.05) is 26.8 Å². The summed E-state index contributed by atoms with van der Waals surface area (Å²) in [5.41, 5.74) is 2.86. The van der Waals surface area contributed by atoms with Crippen molar-refractivity contribution in [3.63, 3.8) is 0 Å². The number of hydrogen-bond donors (Lipinski definition) is 2. The molecule has 0 saturated heterocycles. The molecule has 0 saturated carbocycles. The van der Waals surface area contributed by atoms with Crippen LogP contribution in [0.1, 0.15) is 37.9 Å². The number of nitrogens with zero attached hydrogens (tertiary/aromatic N) is 3. The Labute approximate surface area is 137 Å². The van der Waals surface area contributed by atoms with E-state index < -0.39 is 0 Å². The molecule has 0 aliphatic carbocycles. The molecule has 0 radical (unpaired) electrons. The third-order valence-corrected chi connectivity index (χ3v) is 3.45. The van der Waals surface area contributed by atoms with Crippen molar-refractivity contribution >= 4 is 5.91 Å². The molecule has 2 heterocycles. The van der Waals surface area contributed by atoms with Crippen molar-refractivity contribution in [1.82, 2.24) is 25.4 Å². The fraction of sp³-hybridized carbons (Fsp3) is 0.471. The number of likely N-dealkylation sites (N-methyl/N-ethyl adjacent to an activating group) is 1. The Kier molecular flexibility index (Phi) is 5.50. The Hall–Kier alpha value is -2.21. The van der Waals surface area contributed by atoms with Crippen LogP contribution in [0, 0.1) is 0 Å². The summed E-state index contributed by atoms with van der Waals surface area (Å²) >= 11 is 0. The van der Waals surface area contributed by atoms with Crippen LogP contribution in [-0.2, 0) is 23.3 Å². The zero-order valence-electron chi connectivity index (χ0n) is 14.3. The van der Waals surface area contributed by atoms with E-state index in [4.69, 9.17) is 0 Å². The lowest BCUT2D eigenvalue weighted by molar-refractivity contribution is -0.122. The van der Waals surface area contributed by atoms with Gasteiger partial charge in [0.05, 0.1) is 30.2 Å². The minimum Gasteiger partial charge on any atom is -0.349 e. The molecule has 0 aliphatic heterocycles. The Morgan fingerprint density at radius 3 is 2.74 bits per heavy atom. The highest BCUT2D eigenvalue weighted by molar-refractivity contribution is 5.77. The van der Waals surface area contributed by atoms with E-state index in [1.165, 1.54) is 0 Å². The number of carbonyl (C=O) groups excluding carboxylic acids is 1. The van der Waals surface area contributed by atoms with Crippen molar-refractivity contribution in [3.05, 3.63) is 47.5 Å². The third-order valence-electron chi connectivity index (χ3n) is 3.45. The summed E-state index contributed by atoms with van der Waals surface area (Å²) in [7, 11) is 1.90. The number of H-pyrrole nitrogens is 1. The van der Waals surface area contributed by atoms with Crippen molar-refractivity contribution in [1.29, 1.82) is 0 Å². The molecule has 0 spiro atoms. The lowest BCUT2D eigenvalue weighted by Crippen LogP contribution is -2.34. The van der Waals surface area contributed by atoms with Gasteiger partial charge in [0, 0.05) is 18.2 Å². The van der Waals surface area contributed by atoms with Crippen molar-refractivity contribution in [2.45, 2.75) is 39.3 Å². The summed E-state index contributed by atoms with van der Waals surface area (Å²) in [6.07, 6.45) is 1.76. The molecule has 0 fully saturated rings. The summed E-state index contributed by atoms with van der Waals surface area (Å²) in [5.74, 6) is -0.0182. The summed E-state index contributed by atoms with van der Waals surface area (Å²) in [6.45, 7) is 7.76. The molecule has 6 nitrogen and oxygen atoms in total. The summed E-state index contributed by atoms with van der Waals surface area (Å²) < 4.78 is 0. The third kappa shape index (κ3) is 5.49. The van der Waals surface area contributed by atoms with Crippen LogP contribution < -0.4 is 5.32 Å². The lowest BCUT2D eigenvalue weighted by atomic mass is 9.92. The molecule has 1 amide bonds. The molecule has 0 unspecified atom stereocenters. The van der Waals surface area contributed by atoms with Crippen LogP contribution in [-0.4, -0.2) is 39.6 Å². The number of amides is 1. The fourth-order valence-electron chi connectivity index (χ4n) is 2.16. The quantitative estimate of drug-likeness (QED) is 0.853. The van der Waals surface area contributed by atoms with Gasteiger partial charge >= 0.3 is 0 Å². The first kappa shape index (κ1) is 17.1. The van der Waals surface area contributed by atoms with Crippen LogP contribution in [0.4, 0.5) is 0 Å². The van der Waals surface area contributed by atoms with Crippen LogP contribution in [0.15, 0.2) is 30.5 Å². The van der Waals surface area contributed by atoms with Crippen molar-refractivity contribution < 1.29 is 4.79 Å². The van der Waals surface area contributed by atoms with Gasteiger partial charge in [-0.2, -0.15) is 5.10 Å². The highest BCUT2D eigenvalue weighted by Crippen LogP contribution is 2.20. The largest absolute Gasteiger partial charge is 0.349 e. The molecular weight excluding hydrogens is 290 g/mol. The Bertz CT molecular complexity index is 630. The molecule has 2 aromatic heterocycles. The normalized spacial score (nSPS) is 11.7. The predicted molar refractivity (Wildman–Crippen MR) is 89.7 cm³/mol. The van der Waals surface area contributed by atoms with Gasteiger partial charge in [0.15, 0.2) is 0 Å². The maximum Gasteiger partial charge on any atom is 0.234 e. The molecule has 6 heteroatoms. The van der Waals surface area contributed by atoms with E-state index in [9.17, 15) is 4.79 Å². The van der Waals surface area contributed by atoms with Gasteiger partial charge in [0.25, 0.3) is 0 Å². The minimum atomic E-state index is -0.0182. The van der Waals surface area contributed by atoms with Crippen LogP contribution in [0.3, 0.4) is 0 Å². The Morgan fingerprint density at radius 1 is 1.35 bits per heavy atom. The molecule has 0 aromatic carbocycles. The van der Waals surface area contributed by atoms with Gasteiger partial charge in [0.1, 0.15) is 0 Å². The van der Waals surface area contributed by atoms with Gasteiger partial charge < -0.3 is 5.32 Å².